The van der Waals surface area contributed by atoms with Crippen molar-refractivity contribution in [2.24, 2.45) is 0 Å². The predicted octanol–water partition coefficient (Wildman–Crippen LogP) is 2.17. The second kappa shape index (κ2) is 4.60. The number of carboxylic acid groups (broad SMARTS) is 1. The van der Waals surface area contributed by atoms with Crippen molar-refractivity contribution in [2.45, 2.75) is 27.3 Å². The van der Waals surface area contributed by atoms with Gasteiger partial charge in [-0.2, -0.15) is 0 Å². The van der Waals surface area contributed by atoms with Crippen LogP contribution in [0, 0.1) is 13.8 Å². The predicted molar refractivity (Wildman–Crippen MR) is 69.3 cm³/mol. The summed E-state index contributed by atoms with van der Waals surface area (Å²) in [4.78, 5) is 19.4. The smallest absolute Gasteiger partial charge is 0.328 e. The maximum atomic E-state index is 10.6. The number of aromatic nitrogens is 3. The summed E-state index contributed by atoms with van der Waals surface area (Å²) < 4.78 is 2.00. The minimum absolute atomic E-state index is 0.724. The molecule has 0 radical (unpaired) electrons. The van der Waals surface area contributed by atoms with Crippen LogP contribution in [-0.4, -0.2) is 25.6 Å². The molecule has 0 aliphatic rings. The molecular formula is C13H15N3O2. The fourth-order valence-electron chi connectivity index (χ4n) is 2.06. The molecule has 2 aromatic rings. The van der Waals surface area contributed by atoms with Crippen molar-refractivity contribution < 1.29 is 9.90 Å². The number of aliphatic carboxylic acids is 1. The maximum absolute atomic E-state index is 10.6. The molecular weight excluding hydrogens is 230 g/mol. The van der Waals surface area contributed by atoms with E-state index in [2.05, 4.69) is 9.97 Å². The fourth-order valence-corrected chi connectivity index (χ4v) is 2.06. The summed E-state index contributed by atoms with van der Waals surface area (Å²) in [5.74, 6) is -0.236. The number of rotatable bonds is 3. The third-order valence-corrected chi connectivity index (χ3v) is 2.78. The number of hydrogen-bond donors (Lipinski definition) is 1. The number of carbonyl (C=O) groups is 1. The Balaban J connectivity index is 2.71. The molecule has 18 heavy (non-hydrogen) atoms. The Morgan fingerprint density at radius 1 is 1.44 bits per heavy atom. The SMILES string of the molecule is CCn1cc(/C=C/C(=O)O)c2c(C)nc(C)nc21. The van der Waals surface area contributed by atoms with E-state index in [9.17, 15) is 4.79 Å². The van der Waals surface area contributed by atoms with Gasteiger partial charge in [-0.1, -0.05) is 0 Å². The Hall–Kier alpha value is -2.17. The summed E-state index contributed by atoms with van der Waals surface area (Å²) in [6.07, 6.45) is 4.63. The van der Waals surface area contributed by atoms with Crippen LogP contribution in [0.4, 0.5) is 0 Å². The molecule has 0 amide bonds. The van der Waals surface area contributed by atoms with Gasteiger partial charge in [0, 0.05) is 29.8 Å². The van der Waals surface area contributed by atoms with Crippen molar-refractivity contribution in [1.29, 1.82) is 0 Å². The van der Waals surface area contributed by atoms with Crippen molar-refractivity contribution in [3.8, 4) is 0 Å². The van der Waals surface area contributed by atoms with Gasteiger partial charge >= 0.3 is 5.97 Å². The highest BCUT2D eigenvalue weighted by Crippen LogP contribution is 2.23. The molecule has 0 aliphatic heterocycles. The molecule has 0 atom stereocenters. The maximum Gasteiger partial charge on any atom is 0.328 e. The zero-order valence-electron chi connectivity index (χ0n) is 10.6. The van der Waals surface area contributed by atoms with Crippen LogP contribution in [-0.2, 0) is 11.3 Å². The van der Waals surface area contributed by atoms with E-state index >= 15 is 0 Å². The van der Waals surface area contributed by atoms with Crippen LogP contribution in [0.1, 0.15) is 24.0 Å². The van der Waals surface area contributed by atoms with Crippen LogP contribution in [0.25, 0.3) is 17.1 Å². The first-order valence-corrected chi connectivity index (χ1v) is 5.78. The second-order valence-electron chi connectivity index (χ2n) is 4.10. The molecule has 5 heteroatoms. The Bertz CT molecular complexity index is 641. The third-order valence-electron chi connectivity index (χ3n) is 2.78. The minimum atomic E-state index is -0.960. The van der Waals surface area contributed by atoms with E-state index in [0.717, 1.165) is 40.7 Å². The standard InChI is InChI=1S/C13H15N3O2/c1-4-16-7-10(5-6-11(17)18)12-8(2)14-9(3)15-13(12)16/h5-7H,4H2,1-3H3,(H,17,18)/b6-5+. The van der Waals surface area contributed by atoms with E-state index in [0.29, 0.717) is 0 Å². The number of aryl methyl sites for hydroxylation is 3. The monoisotopic (exact) mass is 245 g/mol. The molecule has 0 spiro atoms. The van der Waals surface area contributed by atoms with Crippen LogP contribution in [0.15, 0.2) is 12.3 Å². The van der Waals surface area contributed by atoms with Gasteiger partial charge in [-0.05, 0) is 26.8 Å². The highest BCUT2D eigenvalue weighted by atomic mass is 16.4. The van der Waals surface area contributed by atoms with E-state index in [1.54, 1.807) is 6.08 Å². The summed E-state index contributed by atoms with van der Waals surface area (Å²) >= 11 is 0. The first-order chi connectivity index (χ1) is 8.52. The van der Waals surface area contributed by atoms with E-state index in [4.69, 9.17) is 5.11 Å². The molecule has 94 valence electrons. The van der Waals surface area contributed by atoms with Gasteiger partial charge in [0.25, 0.3) is 0 Å². The summed E-state index contributed by atoms with van der Waals surface area (Å²) in [5, 5.41) is 9.62. The number of fused-ring (bicyclic) bond motifs is 1. The highest BCUT2D eigenvalue weighted by Gasteiger charge is 2.11. The lowest BCUT2D eigenvalue weighted by molar-refractivity contribution is -0.131. The number of nitrogens with zero attached hydrogens (tertiary/aromatic N) is 3. The average molecular weight is 245 g/mol. The molecule has 2 aromatic heterocycles. The Kier molecular flexibility index (Phi) is 3.14. The normalized spacial score (nSPS) is 11.5. The summed E-state index contributed by atoms with van der Waals surface area (Å²) in [5.41, 5.74) is 2.56. The molecule has 2 rings (SSSR count). The van der Waals surface area contributed by atoms with E-state index in [1.807, 2.05) is 31.5 Å². The van der Waals surface area contributed by atoms with Crippen molar-refractivity contribution in [1.82, 2.24) is 14.5 Å². The summed E-state index contributed by atoms with van der Waals surface area (Å²) in [6.45, 7) is 6.57. The number of hydrogen-bond acceptors (Lipinski definition) is 3. The molecule has 0 bridgehead atoms. The fraction of sp³-hybridized carbons (Fsp3) is 0.308. The molecule has 0 saturated carbocycles. The van der Waals surface area contributed by atoms with Crippen molar-refractivity contribution in [3.63, 3.8) is 0 Å². The first-order valence-electron chi connectivity index (χ1n) is 5.78. The molecule has 0 aliphatic carbocycles. The van der Waals surface area contributed by atoms with Crippen LogP contribution in [0.5, 0.6) is 0 Å². The lowest BCUT2D eigenvalue weighted by Gasteiger charge is -2.02. The topological polar surface area (TPSA) is 68.0 Å². The lowest BCUT2D eigenvalue weighted by atomic mass is 10.2. The van der Waals surface area contributed by atoms with Gasteiger partial charge in [0.05, 0.1) is 5.69 Å². The molecule has 0 aromatic carbocycles. The van der Waals surface area contributed by atoms with Gasteiger partial charge < -0.3 is 9.67 Å². The van der Waals surface area contributed by atoms with Crippen LogP contribution < -0.4 is 0 Å². The second-order valence-corrected chi connectivity index (χ2v) is 4.10. The molecule has 0 fully saturated rings. The van der Waals surface area contributed by atoms with Crippen LogP contribution in [0.2, 0.25) is 0 Å². The molecule has 0 unspecified atom stereocenters. The van der Waals surface area contributed by atoms with Gasteiger partial charge in [0.1, 0.15) is 11.5 Å². The van der Waals surface area contributed by atoms with Crippen molar-refractivity contribution in [2.75, 3.05) is 0 Å². The van der Waals surface area contributed by atoms with Gasteiger partial charge in [0.15, 0.2) is 0 Å². The molecule has 1 N–H and O–H groups in total. The Labute approximate surface area is 105 Å². The number of carboxylic acids is 1. The molecule has 2 heterocycles. The average Bonchev–Trinajstić information content (AvgIpc) is 2.64. The minimum Gasteiger partial charge on any atom is -0.478 e. The van der Waals surface area contributed by atoms with Crippen LogP contribution in [0.3, 0.4) is 0 Å². The molecule has 0 saturated heterocycles. The largest absolute Gasteiger partial charge is 0.478 e. The first kappa shape index (κ1) is 12.3. The zero-order valence-corrected chi connectivity index (χ0v) is 10.6. The highest BCUT2D eigenvalue weighted by molar-refractivity contribution is 5.93. The summed E-state index contributed by atoms with van der Waals surface area (Å²) in [6, 6.07) is 0. The zero-order chi connectivity index (χ0) is 13.3. The van der Waals surface area contributed by atoms with E-state index in [1.165, 1.54) is 0 Å². The van der Waals surface area contributed by atoms with Crippen LogP contribution >= 0.6 is 0 Å². The van der Waals surface area contributed by atoms with Gasteiger partial charge in [0.2, 0.25) is 0 Å². The third kappa shape index (κ3) is 2.11. The van der Waals surface area contributed by atoms with E-state index < -0.39 is 5.97 Å². The molecule has 5 nitrogen and oxygen atoms in total. The Morgan fingerprint density at radius 3 is 2.78 bits per heavy atom. The van der Waals surface area contributed by atoms with Crippen molar-refractivity contribution in [3.05, 3.63) is 29.4 Å². The summed E-state index contributed by atoms with van der Waals surface area (Å²) in [7, 11) is 0. The lowest BCUT2D eigenvalue weighted by Crippen LogP contribution is -1.97. The quantitative estimate of drug-likeness (QED) is 0.841. The van der Waals surface area contributed by atoms with Gasteiger partial charge in [-0.3, -0.25) is 0 Å². The van der Waals surface area contributed by atoms with Gasteiger partial charge in [-0.25, -0.2) is 14.8 Å². The van der Waals surface area contributed by atoms with Crippen molar-refractivity contribution >= 4 is 23.1 Å². The Morgan fingerprint density at radius 2 is 2.17 bits per heavy atom. The van der Waals surface area contributed by atoms with E-state index in [-0.39, 0.29) is 0 Å². The van der Waals surface area contributed by atoms with Gasteiger partial charge in [-0.15, -0.1) is 0 Å².